The van der Waals surface area contributed by atoms with E-state index in [1.807, 2.05) is 30.3 Å². The molecule has 32 heavy (non-hydrogen) atoms. The molecule has 0 spiro atoms. The van der Waals surface area contributed by atoms with Crippen LogP contribution in [-0.4, -0.2) is 44.7 Å². The van der Waals surface area contributed by atoms with Crippen molar-refractivity contribution >= 4 is 24.7 Å². The van der Waals surface area contributed by atoms with Crippen molar-refractivity contribution in [2.75, 3.05) is 0 Å². The van der Waals surface area contributed by atoms with Crippen molar-refractivity contribution in [3.05, 3.63) is 70.2 Å². The van der Waals surface area contributed by atoms with Gasteiger partial charge in [-0.15, -0.1) is 0 Å². The molecule has 0 saturated carbocycles. The molecule has 2 aromatic carbocycles. The van der Waals surface area contributed by atoms with Gasteiger partial charge >= 0.3 is 13.1 Å². The van der Waals surface area contributed by atoms with Crippen molar-refractivity contribution in [2.24, 2.45) is 5.73 Å². The minimum Gasteiger partial charge on any atom is -0.480 e. The summed E-state index contributed by atoms with van der Waals surface area (Å²) in [5.41, 5.74) is 8.78. The Morgan fingerprint density at radius 3 is 2.44 bits per heavy atom. The number of benzene rings is 2. The van der Waals surface area contributed by atoms with E-state index in [-0.39, 0.29) is 12.4 Å². The second-order valence-corrected chi connectivity index (χ2v) is 9.32. The summed E-state index contributed by atoms with van der Waals surface area (Å²) in [7, 11) is -1.37. The Morgan fingerprint density at radius 2 is 1.78 bits per heavy atom. The van der Waals surface area contributed by atoms with Crippen LogP contribution in [0.1, 0.15) is 48.8 Å². The van der Waals surface area contributed by atoms with Crippen LogP contribution in [0.15, 0.2) is 48.5 Å². The maximum atomic E-state index is 12.0. The minimum atomic E-state index is -1.37. The van der Waals surface area contributed by atoms with Crippen molar-refractivity contribution in [3.8, 4) is 0 Å². The van der Waals surface area contributed by atoms with Crippen LogP contribution in [0.4, 0.5) is 0 Å². The van der Waals surface area contributed by atoms with Crippen molar-refractivity contribution < 1.29 is 19.9 Å². The average molecular weight is 459 g/mol. The Bertz CT molecular complexity index is 896. The molecule has 0 bridgehead atoms. The first-order valence-electron chi connectivity index (χ1n) is 11.2. The number of rotatable bonds is 11. The topological polar surface area (TPSA) is 107 Å². The van der Waals surface area contributed by atoms with Gasteiger partial charge in [0.2, 0.25) is 0 Å². The predicted molar refractivity (Wildman–Crippen MR) is 127 cm³/mol. The van der Waals surface area contributed by atoms with E-state index in [0.29, 0.717) is 37.1 Å². The summed E-state index contributed by atoms with van der Waals surface area (Å²) in [6.45, 7) is 1.57. The first-order valence-corrected chi connectivity index (χ1v) is 11.6. The van der Waals surface area contributed by atoms with Gasteiger partial charge in [-0.2, -0.15) is 0 Å². The Kier molecular flexibility index (Phi) is 8.74. The molecule has 6 nitrogen and oxygen atoms in total. The SMILES string of the molecule is NC(CCCCB(O)O)(CCC1Cc2ccccc2CN1Cc1ccc(Cl)cc1)C(=O)O. The third kappa shape index (κ3) is 6.80. The third-order valence-corrected chi connectivity index (χ3v) is 6.70. The number of carboxylic acid groups (broad SMARTS) is 1. The Hall–Kier alpha value is -1.90. The molecule has 5 N–H and O–H groups in total. The molecule has 8 heteroatoms. The fourth-order valence-electron chi connectivity index (χ4n) is 4.47. The largest absolute Gasteiger partial charge is 0.480 e. The highest BCUT2D eigenvalue weighted by atomic mass is 35.5. The molecule has 2 atom stereocenters. The lowest BCUT2D eigenvalue weighted by atomic mass is 9.80. The zero-order chi connectivity index (χ0) is 23.1. The number of nitrogens with zero attached hydrogens (tertiary/aromatic N) is 1. The van der Waals surface area contributed by atoms with E-state index in [2.05, 4.69) is 23.1 Å². The van der Waals surface area contributed by atoms with Crippen LogP contribution in [-0.2, 0) is 24.3 Å². The van der Waals surface area contributed by atoms with E-state index in [4.69, 9.17) is 27.4 Å². The minimum absolute atomic E-state index is 0.183. The van der Waals surface area contributed by atoms with Gasteiger partial charge in [0, 0.05) is 24.2 Å². The summed E-state index contributed by atoms with van der Waals surface area (Å²) in [5, 5.41) is 28.5. The van der Waals surface area contributed by atoms with Crippen molar-refractivity contribution in [2.45, 2.75) is 69.5 Å². The molecule has 2 aromatic rings. The van der Waals surface area contributed by atoms with E-state index in [1.54, 1.807) is 0 Å². The lowest BCUT2D eigenvalue weighted by Crippen LogP contribution is -2.50. The smallest absolute Gasteiger partial charge is 0.451 e. The van der Waals surface area contributed by atoms with Crippen LogP contribution in [0, 0.1) is 0 Å². The second kappa shape index (κ2) is 11.3. The summed E-state index contributed by atoms with van der Waals surface area (Å²) >= 11 is 6.04. The number of carbonyl (C=O) groups is 1. The summed E-state index contributed by atoms with van der Waals surface area (Å²) in [4.78, 5) is 14.4. The summed E-state index contributed by atoms with van der Waals surface area (Å²) in [6.07, 6.45) is 3.52. The Balaban J connectivity index is 1.70. The van der Waals surface area contributed by atoms with Gasteiger partial charge in [-0.05, 0) is 60.8 Å². The zero-order valence-corrected chi connectivity index (χ0v) is 19.0. The molecular formula is C24H32BClN2O4. The molecule has 0 saturated heterocycles. The number of hydrogen-bond donors (Lipinski definition) is 4. The second-order valence-electron chi connectivity index (χ2n) is 8.88. The Labute approximate surface area is 195 Å². The molecular weight excluding hydrogens is 427 g/mol. The van der Waals surface area contributed by atoms with Crippen molar-refractivity contribution in [3.63, 3.8) is 0 Å². The van der Waals surface area contributed by atoms with Gasteiger partial charge in [-0.25, -0.2) is 0 Å². The summed E-state index contributed by atoms with van der Waals surface area (Å²) in [6, 6.07) is 16.4. The van der Waals surface area contributed by atoms with E-state index < -0.39 is 18.6 Å². The highest BCUT2D eigenvalue weighted by Crippen LogP contribution is 2.30. The van der Waals surface area contributed by atoms with Crippen LogP contribution in [0.2, 0.25) is 11.3 Å². The molecule has 3 rings (SSSR count). The van der Waals surface area contributed by atoms with E-state index in [9.17, 15) is 9.90 Å². The number of hydrogen-bond acceptors (Lipinski definition) is 5. The maximum Gasteiger partial charge on any atom is 0.451 e. The highest BCUT2D eigenvalue weighted by molar-refractivity contribution is 6.40. The zero-order valence-electron chi connectivity index (χ0n) is 18.3. The quantitative estimate of drug-likeness (QED) is 0.303. The first kappa shape index (κ1) is 24.7. The molecule has 0 radical (unpaired) electrons. The lowest BCUT2D eigenvalue weighted by molar-refractivity contribution is -0.144. The molecule has 1 aliphatic rings. The van der Waals surface area contributed by atoms with Gasteiger partial charge in [-0.1, -0.05) is 60.8 Å². The summed E-state index contributed by atoms with van der Waals surface area (Å²) in [5.74, 6) is -0.998. The van der Waals surface area contributed by atoms with E-state index in [1.165, 1.54) is 16.7 Å². The third-order valence-electron chi connectivity index (χ3n) is 6.45. The molecule has 0 aromatic heterocycles. The number of unbranched alkanes of at least 4 members (excludes halogenated alkanes) is 1. The van der Waals surface area contributed by atoms with Crippen LogP contribution in [0.5, 0.6) is 0 Å². The van der Waals surface area contributed by atoms with Crippen LogP contribution in [0.3, 0.4) is 0 Å². The number of nitrogens with two attached hydrogens (primary N) is 1. The normalized spacial score (nSPS) is 18.1. The average Bonchev–Trinajstić information content (AvgIpc) is 2.76. The van der Waals surface area contributed by atoms with Crippen molar-refractivity contribution in [1.29, 1.82) is 0 Å². The molecule has 0 amide bonds. The number of fused-ring (bicyclic) bond motifs is 1. The van der Waals surface area contributed by atoms with Gasteiger partial charge in [-0.3, -0.25) is 9.69 Å². The molecule has 0 aliphatic carbocycles. The molecule has 1 heterocycles. The monoisotopic (exact) mass is 458 g/mol. The fraction of sp³-hybridized carbons (Fsp3) is 0.458. The maximum absolute atomic E-state index is 12.0. The van der Waals surface area contributed by atoms with Gasteiger partial charge in [0.1, 0.15) is 5.54 Å². The Morgan fingerprint density at radius 1 is 1.09 bits per heavy atom. The summed E-state index contributed by atoms with van der Waals surface area (Å²) < 4.78 is 0. The predicted octanol–water partition coefficient (Wildman–Crippen LogP) is 3.47. The molecule has 172 valence electrons. The number of carboxylic acids is 1. The van der Waals surface area contributed by atoms with E-state index >= 15 is 0 Å². The van der Waals surface area contributed by atoms with Gasteiger partial charge in [0.15, 0.2) is 0 Å². The lowest BCUT2D eigenvalue weighted by Gasteiger charge is -2.38. The van der Waals surface area contributed by atoms with Crippen LogP contribution in [0.25, 0.3) is 0 Å². The van der Waals surface area contributed by atoms with Crippen LogP contribution < -0.4 is 5.73 Å². The fourth-order valence-corrected chi connectivity index (χ4v) is 4.59. The standard InChI is InChI=1S/C24H32BClN2O4/c26-21-9-7-18(8-10-21)16-28-17-20-6-2-1-5-19(20)15-22(28)11-13-24(27,23(29)30)12-3-4-14-25(31)32/h1-2,5-10,22,31-32H,3-4,11-17,27H2,(H,29,30). The first-order chi connectivity index (χ1) is 15.3. The number of halogens is 1. The molecule has 1 aliphatic heterocycles. The van der Waals surface area contributed by atoms with Crippen LogP contribution >= 0.6 is 11.6 Å². The van der Waals surface area contributed by atoms with Gasteiger partial charge in [0.05, 0.1) is 0 Å². The molecule has 0 fully saturated rings. The van der Waals surface area contributed by atoms with E-state index in [0.717, 1.165) is 19.5 Å². The van der Waals surface area contributed by atoms with Gasteiger partial charge < -0.3 is 20.9 Å². The molecule has 2 unspecified atom stereocenters. The van der Waals surface area contributed by atoms with Crippen molar-refractivity contribution in [1.82, 2.24) is 4.90 Å². The number of aliphatic carboxylic acids is 1. The highest BCUT2D eigenvalue weighted by Gasteiger charge is 2.35. The van der Waals surface area contributed by atoms with Gasteiger partial charge in [0.25, 0.3) is 0 Å².